The van der Waals surface area contributed by atoms with Gasteiger partial charge in [0.15, 0.2) is 0 Å². The van der Waals surface area contributed by atoms with Gasteiger partial charge in [0.25, 0.3) is 0 Å². The number of hydrogen-bond acceptors (Lipinski definition) is 3. The molecule has 1 unspecified atom stereocenters. The Balaban J connectivity index is 1.93. The number of benzene rings is 2. The highest BCUT2D eigenvalue weighted by molar-refractivity contribution is 5.95. The Bertz CT molecular complexity index is 652. The van der Waals surface area contributed by atoms with Crippen molar-refractivity contribution >= 4 is 11.9 Å². The molecule has 1 aliphatic rings. The van der Waals surface area contributed by atoms with Gasteiger partial charge < -0.3 is 9.84 Å². The zero-order valence-electron chi connectivity index (χ0n) is 11.3. The minimum atomic E-state index is -0.884. The van der Waals surface area contributed by atoms with Crippen molar-refractivity contribution in [2.24, 2.45) is 4.99 Å². The molecular formula is C17H15NO3. The third kappa shape index (κ3) is 2.94. The van der Waals surface area contributed by atoms with Crippen molar-refractivity contribution in [2.45, 2.75) is 18.6 Å². The summed E-state index contributed by atoms with van der Waals surface area (Å²) in [6, 6.07) is 18.9. The summed E-state index contributed by atoms with van der Waals surface area (Å²) >= 11 is 0. The van der Waals surface area contributed by atoms with Crippen LogP contribution in [-0.4, -0.2) is 23.1 Å². The number of carboxylic acid groups (broad SMARTS) is 1. The Morgan fingerprint density at radius 3 is 2.29 bits per heavy atom. The SMILES string of the molecule is O=C(O)CC1OC(c2ccccc2)=N[C@H]1c1ccccc1. The van der Waals surface area contributed by atoms with E-state index in [1.165, 1.54) is 0 Å². The van der Waals surface area contributed by atoms with Crippen molar-refractivity contribution in [1.29, 1.82) is 0 Å². The molecule has 2 atom stereocenters. The first-order chi connectivity index (χ1) is 10.2. The van der Waals surface area contributed by atoms with E-state index in [4.69, 9.17) is 9.84 Å². The quantitative estimate of drug-likeness (QED) is 0.937. The number of carboxylic acids is 1. The van der Waals surface area contributed by atoms with E-state index in [0.29, 0.717) is 5.90 Å². The van der Waals surface area contributed by atoms with E-state index in [0.717, 1.165) is 11.1 Å². The Morgan fingerprint density at radius 1 is 1.05 bits per heavy atom. The van der Waals surface area contributed by atoms with Crippen LogP contribution in [0.4, 0.5) is 0 Å². The second-order valence-corrected chi connectivity index (χ2v) is 4.91. The second-order valence-electron chi connectivity index (χ2n) is 4.91. The van der Waals surface area contributed by atoms with Crippen molar-refractivity contribution in [3.05, 3.63) is 71.8 Å². The van der Waals surface area contributed by atoms with Crippen molar-refractivity contribution in [3.8, 4) is 0 Å². The lowest BCUT2D eigenvalue weighted by atomic mass is 10.0. The van der Waals surface area contributed by atoms with Crippen LogP contribution >= 0.6 is 0 Å². The molecule has 1 N–H and O–H groups in total. The summed E-state index contributed by atoms with van der Waals surface area (Å²) in [6.07, 6.45) is -0.542. The van der Waals surface area contributed by atoms with Crippen LogP contribution in [0.5, 0.6) is 0 Å². The Kier molecular flexibility index (Phi) is 3.69. The highest BCUT2D eigenvalue weighted by Crippen LogP contribution is 2.32. The standard InChI is InChI=1S/C17H15NO3/c19-15(20)11-14-16(12-7-3-1-4-8-12)18-17(21-14)13-9-5-2-6-10-13/h1-10,14,16H,11H2,(H,19,20)/t14?,16-/m0/s1. The van der Waals surface area contributed by atoms with E-state index < -0.39 is 12.1 Å². The minimum Gasteiger partial charge on any atom is -0.481 e. The molecule has 0 radical (unpaired) electrons. The maximum atomic E-state index is 11.0. The van der Waals surface area contributed by atoms with Crippen LogP contribution in [0.25, 0.3) is 0 Å². The molecule has 2 aromatic carbocycles. The van der Waals surface area contributed by atoms with Crippen LogP contribution in [-0.2, 0) is 9.53 Å². The highest BCUT2D eigenvalue weighted by atomic mass is 16.5. The van der Waals surface area contributed by atoms with Gasteiger partial charge in [0.05, 0.1) is 6.42 Å². The van der Waals surface area contributed by atoms with Crippen molar-refractivity contribution in [1.82, 2.24) is 0 Å². The third-order valence-electron chi connectivity index (χ3n) is 3.41. The summed E-state index contributed by atoms with van der Waals surface area (Å²) in [4.78, 5) is 15.6. The molecule has 0 bridgehead atoms. The minimum absolute atomic E-state index is 0.0700. The van der Waals surface area contributed by atoms with Gasteiger partial charge in [-0.05, 0) is 17.7 Å². The molecule has 0 fully saturated rings. The molecule has 0 spiro atoms. The molecule has 0 aromatic heterocycles. The molecule has 2 aromatic rings. The molecule has 0 saturated carbocycles. The van der Waals surface area contributed by atoms with Crippen LogP contribution in [0.1, 0.15) is 23.6 Å². The van der Waals surface area contributed by atoms with Crippen LogP contribution < -0.4 is 0 Å². The summed E-state index contributed by atoms with van der Waals surface area (Å²) in [6.45, 7) is 0. The van der Waals surface area contributed by atoms with E-state index >= 15 is 0 Å². The number of rotatable bonds is 4. The fourth-order valence-electron chi connectivity index (χ4n) is 2.44. The number of ether oxygens (including phenoxy) is 1. The predicted molar refractivity (Wildman–Crippen MR) is 79.3 cm³/mol. The Hall–Kier alpha value is -2.62. The Morgan fingerprint density at radius 2 is 1.67 bits per heavy atom. The van der Waals surface area contributed by atoms with Gasteiger partial charge in [-0.15, -0.1) is 0 Å². The molecule has 0 saturated heterocycles. The zero-order chi connectivity index (χ0) is 14.7. The van der Waals surface area contributed by atoms with Gasteiger partial charge in [0, 0.05) is 5.56 Å². The monoisotopic (exact) mass is 281 g/mol. The van der Waals surface area contributed by atoms with Crippen LogP contribution in [0, 0.1) is 0 Å². The average molecular weight is 281 g/mol. The van der Waals surface area contributed by atoms with E-state index in [1.54, 1.807) is 0 Å². The van der Waals surface area contributed by atoms with Gasteiger partial charge in [-0.3, -0.25) is 4.79 Å². The lowest BCUT2D eigenvalue weighted by molar-refractivity contribution is -0.139. The van der Waals surface area contributed by atoms with Gasteiger partial charge in [0.2, 0.25) is 5.90 Å². The normalized spacial score (nSPS) is 20.7. The predicted octanol–water partition coefficient (Wildman–Crippen LogP) is 3.05. The topological polar surface area (TPSA) is 58.9 Å². The molecule has 4 nitrogen and oxygen atoms in total. The first-order valence-electron chi connectivity index (χ1n) is 6.80. The van der Waals surface area contributed by atoms with Crippen molar-refractivity contribution < 1.29 is 14.6 Å². The second kappa shape index (κ2) is 5.79. The maximum Gasteiger partial charge on any atom is 0.307 e. The van der Waals surface area contributed by atoms with Crippen LogP contribution in [0.3, 0.4) is 0 Å². The number of carbonyl (C=O) groups is 1. The molecule has 1 heterocycles. The number of aliphatic carboxylic acids is 1. The molecular weight excluding hydrogens is 266 g/mol. The molecule has 1 aliphatic heterocycles. The Labute approximate surface area is 122 Å². The fraction of sp³-hybridized carbons (Fsp3) is 0.176. The smallest absolute Gasteiger partial charge is 0.307 e. The fourth-order valence-corrected chi connectivity index (χ4v) is 2.44. The average Bonchev–Trinajstić information content (AvgIpc) is 2.92. The summed E-state index contributed by atoms with van der Waals surface area (Å²) in [5, 5.41) is 9.06. The first kappa shape index (κ1) is 13.4. The van der Waals surface area contributed by atoms with E-state index in [1.807, 2.05) is 60.7 Å². The number of hydrogen-bond donors (Lipinski definition) is 1. The van der Waals surface area contributed by atoms with Gasteiger partial charge in [-0.2, -0.15) is 0 Å². The summed E-state index contributed by atoms with van der Waals surface area (Å²) in [7, 11) is 0. The molecule has 3 rings (SSSR count). The van der Waals surface area contributed by atoms with Crippen molar-refractivity contribution in [3.63, 3.8) is 0 Å². The summed E-state index contributed by atoms with van der Waals surface area (Å²) in [5.41, 5.74) is 1.83. The molecule has 21 heavy (non-hydrogen) atoms. The van der Waals surface area contributed by atoms with Gasteiger partial charge in [0.1, 0.15) is 12.1 Å². The molecule has 0 aliphatic carbocycles. The highest BCUT2D eigenvalue weighted by Gasteiger charge is 2.34. The largest absolute Gasteiger partial charge is 0.481 e. The number of nitrogens with zero attached hydrogens (tertiary/aromatic N) is 1. The lowest BCUT2D eigenvalue weighted by Gasteiger charge is -2.15. The van der Waals surface area contributed by atoms with E-state index in [9.17, 15) is 4.79 Å². The van der Waals surface area contributed by atoms with Crippen LogP contribution in [0.2, 0.25) is 0 Å². The third-order valence-corrected chi connectivity index (χ3v) is 3.41. The van der Waals surface area contributed by atoms with Gasteiger partial charge in [-0.1, -0.05) is 48.5 Å². The maximum absolute atomic E-state index is 11.0. The molecule has 106 valence electrons. The van der Waals surface area contributed by atoms with Gasteiger partial charge >= 0.3 is 5.97 Å². The summed E-state index contributed by atoms with van der Waals surface area (Å²) < 4.78 is 5.79. The van der Waals surface area contributed by atoms with E-state index in [-0.39, 0.29) is 12.5 Å². The zero-order valence-corrected chi connectivity index (χ0v) is 11.3. The van der Waals surface area contributed by atoms with Gasteiger partial charge in [-0.25, -0.2) is 4.99 Å². The summed E-state index contributed by atoms with van der Waals surface area (Å²) in [5.74, 6) is -0.374. The van der Waals surface area contributed by atoms with E-state index in [2.05, 4.69) is 4.99 Å². The first-order valence-corrected chi connectivity index (χ1v) is 6.80. The van der Waals surface area contributed by atoms with Crippen LogP contribution in [0.15, 0.2) is 65.7 Å². The number of aliphatic imine (C=N–C) groups is 1. The molecule has 4 heteroatoms. The van der Waals surface area contributed by atoms with Crippen molar-refractivity contribution in [2.75, 3.05) is 0 Å². The molecule has 0 amide bonds. The lowest BCUT2D eigenvalue weighted by Crippen LogP contribution is -2.21.